The lowest BCUT2D eigenvalue weighted by Gasteiger charge is -2.11. The molecular formula is C18H17N3O2S. The Hall–Kier alpha value is -2.73. The summed E-state index contributed by atoms with van der Waals surface area (Å²) in [5.41, 5.74) is 3.23. The molecule has 5 nitrogen and oxygen atoms in total. The highest BCUT2D eigenvalue weighted by molar-refractivity contribution is 7.80. The second-order valence-corrected chi connectivity index (χ2v) is 6.07. The number of anilines is 1. The van der Waals surface area contributed by atoms with Gasteiger partial charge < -0.3 is 15.1 Å². The Morgan fingerprint density at radius 1 is 1.12 bits per heavy atom. The van der Waals surface area contributed by atoms with Crippen LogP contribution in [-0.2, 0) is 4.79 Å². The summed E-state index contributed by atoms with van der Waals surface area (Å²) < 4.78 is 5.74. The Kier molecular flexibility index (Phi) is 4.57. The number of hydrogen-bond acceptors (Lipinski definition) is 4. The van der Waals surface area contributed by atoms with E-state index in [9.17, 15) is 4.79 Å². The highest BCUT2D eigenvalue weighted by atomic mass is 32.1. The number of hydrogen-bond donors (Lipinski definition) is 2. The van der Waals surface area contributed by atoms with E-state index in [0.717, 1.165) is 22.4 Å². The molecule has 0 unspecified atom stereocenters. The number of nitrogens with zero attached hydrogens (tertiary/aromatic N) is 1. The average molecular weight is 339 g/mol. The van der Waals surface area contributed by atoms with Crippen molar-refractivity contribution in [1.29, 1.82) is 0 Å². The Bertz CT molecular complexity index is 852. The van der Waals surface area contributed by atoms with Gasteiger partial charge in [0.1, 0.15) is 5.52 Å². The molecule has 122 valence electrons. The number of thiocarbonyl (C=S) groups is 1. The Balaban J connectivity index is 1.71. The molecule has 24 heavy (non-hydrogen) atoms. The van der Waals surface area contributed by atoms with E-state index in [1.807, 2.05) is 62.4 Å². The molecule has 3 aromatic rings. The second-order valence-electron chi connectivity index (χ2n) is 5.66. The number of para-hydroxylation sites is 2. The summed E-state index contributed by atoms with van der Waals surface area (Å²) in [5.74, 6) is 0.334. The molecular weight excluding hydrogens is 322 g/mol. The Morgan fingerprint density at radius 3 is 2.50 bits per heavy atom. The number of amides is 1. The van der Waals surface area contributed by atoms with Crippen LogP contribution in [0.2, 0.25) is 0 Å². The van der Waals surface area contributed by atoms with E-state index < -0.39 is 0 Å². The van der Waals surface area contributed by atoms with Crippen molar-refractivity contribution in [3.63, 3.8) is 0 Å². The molecule has 6 heteroatoms. The van der Waals surface area contributed by atoms with Crippen LogP contribution in [0.25, 0.3) is 22.6 Å². The van der Waals surface area contributed by atoms with Crippen LogP contribution in [0.4, 0.5) is 5.69 Å². The predicted molar refractivity (Wildman–Crippen MR) is 98.6 cm³/mol. The molecule has 2 aromatic carbocycles. The number of nitrogens with one attached hydrogen (secondary N) is 2. The fraction of sp³-hybridized carbons (Fsp3) is 0.167. The molecule has 0 aliphatic rings. The van der Waals surface area contributed by atoms with Crippen LogP contribution in [0.3, 0.4) is 0 Å². The van der Waals surface area contributed by atoms with E-state index >= 15 is 0 Å². The van der Waals surface area contributed by atoms with Crippen LogP contribution in [0.1, 0.15) is 13.8 Å². The van der Waals surface area contributed by atoms with Gasteiger partial charge in [-0.15, -0.1) is 0 Å². The van der Waals surface area contributed by atoms with Crippen molar-refractivity contribution in [3.05, 3.63) is 48.5 Å². The first kappa shape index (κ1) is 16.1. The van der Waals surface area contributed by atoms with Gasteiger partial charge in [0.15, 0.2) is 10.7 Å². The summed E-state index contributed by atoms with van der Waals surface area (Å²) >= 11 is 5.13. The van der Waals surface area contributed by atoms with Crippen molar-refractivity contribution >= 4 is 40.0 Å². The van der Waals surface area contributed by atoms with E-state index in [1.165, 1.54) is 0 Å². The first-order chi connectivity index (χ1) is 11.5. The average Bonchev–Trinajstić information content (AvgIpc) is 2.99. The third kappa shape index (κ3) is 3.60. The zero-order chi connectivity index (χ0) is 17.1. The topological polar surface area (TPSA) is 67.2 Å². The van der Waals surface area contributed by atoms with Gasteiger partial charge in [-0.05, 0) is 48.6 Å². The van der Waals surface area contributed by atoms with E-state index in [2.05, 4.69) is 15.6 Å². The highest BCUT2D eigenvalue weighted by Crippen LogP contribution is 2.25. The van der Waals surface area contributed by atoms with Gasteiger partial charge in [-0.25, -0.2) is 4.98 Å². The quantitative estimate of drug-likeness (QED) is 0.707. The molecule has 1 heterocycles. The van der Waals surface area contributed by atoms with Crippen molar-refractivity contribution < 1.29 is 9.21 Å². The standard InChI is InChI=1S/C18H17N3O2S/c1-11(2)16(22)21-18(24)19-13-9-7-12(8-10-13)17-20-14-5-3-4-6-15(14)23-17/h3-11H,1-2H3,(H2,19,21,22,24). The van der Waals surface area contributed by atoms with Gasteiger partial charge in [0.05, 0.1) is 0 Å². The zero-order valence-electron chi connectivity index (χ0n) is 13.4. The normalized spacial score (nSPS) is 10.8. The fourth-order valence-electron chi connectivity index (χ4n) is 2.11. The Morgan fingerprint density at radius 2 is 1.83 bits per heavy atom. The SMILES string of the molecule is CC(C)C(=O)NC(=S)Nc1ccc(-c2nc3ccccc3o2)cc1. The summed E-state index contributed by atoms with van der Waals surface area (Å²) in [5, 5.41) is 5.90. The first-order valence-corrected chi connectivity index (χ1v) is 8.01. The van der Waals surface area contributed by atoms with Crippen LogP contribution >= 0.6 is 12.2 Å². The van der Waals surface area contributed by atoms with Crippen molar-refractivity contribution in [2.75, 3.05) is 5.32 Å². The summed E-state index contributed by atoms with van der Waals surface area (Å²) in [4.78, 5) is 16.1. The number of oxazole rings is 1. The summed E-state index contributed by atoms with van der Waals surface area (Å²) in [6.45, 7) is 3.63. The van der Waals surface area contributed by atoms with Crippen molar-refractivity contribution in [3.8, 4) is 11.5 Å². The lowest BCUT2D eigenvalue weighted by atomic mass is 10.2. The smallest absolute Gasteiger partial charge is 0.228 e. The summed E-state index contributed by atoms with van der Waals surface area (Å²) in [6.07, 6.45) is 0. The maximum Gasteiger partial charge on any atom is 0.228 e. The minimum atomic E-state index is -0.119. The van der Waals surface area contributed by atoms with E-state index in [1.54, 1.807) is 0 Å². The fourth-order valence-corrected chi connectivity index (χ4v) is 2.33. The minimum Gasteiger partial charge on any atom is -0.436 e. The molecule has 0 saturated heterocycles. The zero-order valence-corrected chi connectivity index (χ0v) is 14.2. The van der Waals surface area contributed by atoms with Gasteiger partial charge in [-0.1, -0.05) is 26.0 Å². The molecule has 1 amide bonds. The largest absolute Gasteiger partial charge is 0.436 e. The van der Waals surface area contributed by atoms with Gasteiger partial charge in [-0.2, -0.15) is 0 Å². The van der Waals surface area contributed by atoms with E-state index in [0.29, 0.717) is 5.89 Å². The lowest BCUT2D eigenvalue weighted by Crippen LogP contribution is -2.36. The number of fused-ring (bicyclic) bond motifs is 1. The monoisotopic (exact) mass is 339 g/mol. The summed E-state index contributed by atoms with van der Waals surface area (Å²) in [7, 11) is 0. The number of carbonyl (C=O) groups excluding carboxylic acids is 1. The maximum atomic E-state index is 11.6. The van der Waals surface area contributed by atoms with Crippen LogP contribution in [0.5, 0.6) is 0 Å². The van der Waals surface area contributed by atoms with Gasteiger partial charge in [-0.3, -0.25) is 4.79 Å². The van der Waals surface area contributed by atoms with E-state index in [-0.39, 0.29) is 16.9 Å². The van der Waals surface area contributed by atoms with Crippen LogP contribution < -0.4 is 10.6 Å². The van der Waals surface area contributed by atoms with Crippen molar-refractivity contribution in [1.82, 2.24) is 10.3 Å². The van der Waals surface area contributed by atoms with Gasteiger partial charge in [0.25, 0.3) is 0 Å². The number of carbonyl (C=O) groups is 1. The lowest BCUT2D eigenvalue weighted by molar-refractivity contribution is -0.122. The molecule has 0 saturated carbocycles. The Labute approximate surface area is 145 Å². The first-order valence-electron chi connectivity index (χ1n) is 7.61. The predicted octanol–water partition coefficient (Wildman–Crippen LogP) is 3.96. The molecule has 3 rings (SSSR count). The number of benzene rings is 2. The molecule has 0 bridgehead atoms. The molecule has 0 spiro atoms. The highest BCUT2D eigenvalue weighted by Gasteiger charge is 2.10. The van der Waals surface area contributed by atoms with Gasteiger partial charge >= 0.3 is 0 Å². The molecule has 0 aliphatic heterocycles. The molecule has 0 atom stereocenters. The summed E-state index contributed by atoms with van der Waals surface area (Å²) in [6, 6.07) is 15.1. The van der Waals surface area contributed by atoms with Crippen molar-refractivity contribution in [2.24, 2.45) is 5.92 Å². The number of aromatic nitrogens is 1. The van der Waals surface area contributed by atoms with Gasteiger partial charge in [0, 0.05) is 17.2 Å². The molecule has 0 fully saturated rings. The van der Waals surface area contributed by atoms with E-state index in [4.69, 9.17) is 16.6 Å². The molecule has 2 N–H and O–H groups in total. The van der Waals surface area contributed by atoms with Gasteiger partial charge in [0.2, 0.25) is 11.8 Å². The molecule has 1 aromatic heterocycles. The molecule has 0 radical (unpaired) electrons. The maximum absolute atomic E-state index is 11.6. The molecule has 0 aliphatic carbocycles. The third-order valence-electron chi connectivity index (χ3n) is 3.44. The van der Waals surface area contributed by atoms with Crippen LogP contribution in [0, 0.1) is 5.92 Å². The minimum absolute atomic E-state index is 0.115. The second kappa shape index (κ2) is 6.80. The number of rotatable bonds is 3. The third-order valence-corrected chi connectivity index (χ3v) is 3.65. The van der Waals surface area contributed by atoms with Crippen molar-refractivity contribution in [2.45, 2.75) is 13.8 Å². The van der Waals surface area contributed by atoms with Crippen LogP contribution in [-0.4, -0.2) is 16.0 Å². The van der Waals surface area contributed by atoms with Crippen LogP contribution in [0.15, 0.2) is 52.9 Å².